The predicted octanol–water partition coefficient (Wildman–Crippen LogP) is 4.16. The van der Waals surface area contributed by atoms with Crippen LogP contribution in [0.15, 0.2) is 48.6 Å². The second kappa shape index (κ2) is 10.5. The lowest BCUT2D eigenvalue weighted by atomic mass is 9.96. The van der Waals surface area contributed by atoms with Gasteiger partial charge in [0, 0.05) is 36.2 Å². The molecular formula is C25H26ClFN8O2. The molecule has 0 saturated carbocycles. The minimum atomic E-state index is -1.02. The first-order chi connectivity index (χ1) is 17.5. The summed E-state index contributed by atoms with van der Waals surface area (Å²) < 4.78 is 13.6. The molecule has 0 fully saturated rings. The molecule has 192 valence electrons. The number of rotatable bonds is 8. The lowest BCUT2D eigenvalue weighted by Crippen LogP contribution is -2.40. The van der Waals surface area contributed by atoms with Gasteiger partial charge in [-0.25, -0.2) is 4.98 Å². The number of carboxylic acid groups (broad SMARTS) is 1. The number of halogens is 2. The minimum absolute atomic E-state index is 0.0436. The Bertz CT molecular complexity index is 1400. The fourth-order valence-electron chi connectivity index (χ4n) is 3.78. The molecule has 1 aliphatic rings. The van der Waals surface area contributed by atoms with Crippen LogP contribution in [0, 0.1) is 22.7 Å². The summed E-state index contributed by atoms with van der Waals surface area (Å²) >= 11 is 6.62. The van der Waals surface area contributed by atoms with E-state index >= 15 is 0 Å². The van der Waals surface area contributed by atoms with E-state index in [-0.39, 0.29) is 12.0 Å². The molecule has 1 aliphatic heterocycles. The van der Waals surface area contributed by atoms with E-state index in [1.807, 2.05) is 6.07 Å². The summed E-state index contributed by atoms with van der Waals surface area (Å²) in [4.78, 5) is 19.3. The number of aliphatic carboxylic acids is 1. The Balaban J connectivity index is 1.77. The fraction of sp³-hybridized carbons (Fsp3) is 0.280. The Hall–Kier alpha value is -4.14. The minimum Gasteiger partial charge on any atom is -0.480 e. The number of carbonyl (C=O) groups is 1. The third-order valence-corrected chi connectivity index (χ3v) is 5.78. The van der Waals surface area contributed by atoms with Crippen molar-refractivity contribution < 1.29 is 14.3 Å². The molecule has 1 aromatic carbocycles. The maximum Gasteiger partial charge on any atom is 0.324 e. The maximum absolute atomic E-state index is 13.6. The largest absolute Gasteiger partial charge is 0.480 e. The van der Waals surface area contributed by atoms with Crippen molar-refractivity contribution in [3.05, 3.63) is 70.7 Å². The monoisotopic (exact) mass is 524 g/mol. The van der Waals surface area contributed by atoms with Crippen LogP contribution in [-0.2, 0) is 4.79 Å². The zero-order valence-electron chi connectivity index (χ0n) is 20.4. The number of hydrazine groups is 2. The standard InChI is InChI=1S/C25H26ClFN8O2/c1-25(2,3)13-31-22-15(8-28)10-30-24-17(22)6-16(7-18(24)26)32-23(14-4-5-20(27)29-9-14)19-11-35(34-33-19)12-21(36)37/h4-7,9-11,23,32-34H,12-13H2,1-3H3,(H,30,31)(H,36,37)/t23-/m1/s1. The molecular weight excluding hydrogens is 499 g/mol. The van der Waals surface area contributed by atoms with Crippen molar-refractivity contribution in [2.75, 3.05) is 23.7 Å². The zero-order chi connectivity index (χ0) is 26.7. The van der Waals surface area contributed by atoms with Gasteiger partial charge in [-0.3, -0.25) is 14.8 Å². The Labute approximate surface area is 218 Å². The Morgan fingerprint density at radius 2 is 2.08 bits per heavy atom. The highest BCUT2D eigenvalue weighted by atomic mass is 35.5. The second-order valence-electron chi connectivity index (χ2n) is 9.76. The van der Waals surface area contributed by atoms with Gasteiger partial charge in [0.15, 0.2) is 0 Å². The Kier molecular flexibility index (Phi) is 7.33. The third-order valence-electron chi connectivity index (χ3n) is 5.49. The normalized spacial score (nSPS) is 14.1. The van der Waals surface area contributed by atoms with Gasteiger partial charge >= 0.3 is 5.97 Å². The maximum atomic E-state index is 13.6. The van der Waals surface area contributed by atoms with Gasteiger partial charge in [0.05, 0.1) is 33.5 Å². The summed E-state index contributed by atoms with van der Waals surface area (Å²) in [5, 5.41) is 28.0. The smallest absolute Gasteiger partial charge is 0.324 e. The highest BCUT2D eigenvalue weighted by molar-refractivity contribution is 6.35. The van der Waals surface area contributed by atoms with E-state index in [0.717, 1.165) is 0 Å². The summed E-state index contributed by atoms with van der Waals surface area (Å²) in [5.74, 6) is -1.64. The third kappa shape index (κ3) is 6.17. The topological polar surface area (TPSA) is 138 Å². The van der Waals surface area contributed by atoms with Crippen LogP contribution in [0.3, 0.4) is 0 Å². The van der Waals surface area contributed by atoms with E-state index in [2.05, 4.69) is 58.4 Å². The SMILES string of the molecule is CC(C)(C)CNc1c(C#N)cnc2c(Cl)cc(N[C@@H](C3=CN(CC(=O)O)NN3)c3ccc(F)nc3)cc12. The molecule has 0 aliphatic carbocycles. The molecule has 0 bridgehead atoms. The highest BCUT2D eigenvalue weighted by Crippen LogP contribution is 2.36. The molecule has 10 nitrogen and oxygen atoms in total. The second-order valence-corrected chi connectivity index (χ2v) is 10.2. The number of nitrogens with zero attached hydrogens (tertiary/aromatic N) is 4. The van der Waals surface area contributed by atoms with Crippen LogP contribution in [0.4, 0.5) is 15.8 Å². The molecule has 0 spiro atoms. The molecule has 4 rings (SSSR count). The van der Waals surface area contributed by atoms with E-state index in [1.54, 1.807) is 18.3 Å². The van der Waals surface area contributed by atoms with Crippen LogP contribution in [0.1, 0.15) is 37.9 Å². The van der Waals surface area contributed by atoms with Gasteiger partial charge in [-0.05, 0) is 29.2 Å². The summed E-state index contributed by atoms with van der Waals surface area (Å²) in [7, 11) is 0. The molecule has 37 heavy (non-hydrogen) atoms. The summed E-state index contributed by atoms with van der Waals surface area (Å²) in [6.07, 6.45) is 4.49. The predicted molar refractivity (Wildman–Crippen MR) is 139 cm³/mol. The average Bonchev–Trinajstić information content (AvgIpc) is 3.28. The number of carboxylic acids is 1. The van der Waals surface area contributed by atoms with Crippen molar-refractivity contribution in [1.82, 2.24) is 25.9 Å². The molecule has 0 amide bonds. The van der Waals surface area contributed by atoms with E-state index in [9.17, 15) is 14.4 Å². The summed E-state index contributed by atoms with van der Waals surface area (Å²) in [6, 6.07) is 7.97. The van der Waals surface area contributed by atoms with E-state index in [0.29, 0.717) is 50.7 Å². The number of nitrogens with one attached hydrogen (secondary N) is 4. The van der Waals surface area contributed by atoms with Gasteiger partial charge in [-0.15, -0.1) is 5.53 Å². The van der Waals surface area contributed by atoms with Crippen molar-refractivity contribution in [1.29, 1.82) is 5.26 Å². The molecule has 1 atom stereocenters. The molecule has 3 aromatic rings. The first-order valence-electron chi connectivity index (χ1n) is 11.4. The van der Waals surface area contributed by atoms with E-state index in [4.69, 9.17) is 16.7 Å². The quantitative estimate of drug-likeness (QED) is 0.273. The number of nitriles is 1. The molecule has 0 unspecified atom stereocenters. The number of benzene rings is 1. The zero-order valence-corrected chi connectivity index (χ0v) is 21.2. The van der Waals surface area contributed by atoms with Crippen LogP contribution in [0.25, 0.3) is 10.9 Å². The van der Waals surface area contributed by atoms with Crippen LogP contribution in [0.2, 0.25) is 5.02 Å². The van der Waals surface area contributed by atoms with Gasteiger partial charge < -0.3 is 21.2 Å². The van der Waals surface area contributed by atoms with Crippen molar-refractivity contribution in [3.63, 3.8) is 0 Å². The first-order valence-corrected chi connectivity index (χ1v) is 11.8. The lowest BCUT2D eigenvalue weighted by molar-refractivity contribution is -0.138. The number of hydrogen-bond donors (Lipinski definition) is 5. The van der Waals surface area contributed by atoms with Crippen LogP contribution in [0.5, 0.6) is 0 Å². The molecule has 2 aromatic heterocycles. The Morgan fingerprint density at radius 1 is 1.30 bits per heavy atom. The van der Waals surface area contributed by atoms with E-state index in [1.165, 1.54) is 23.5 Å². The van der Waals surface area contributed by atoms with Gasteiger partial charge in [0.1, 0.15) is 12.6 Å². The molecule has 12 heteroatoms. The Morgan fingerprint density at radius 3 is 2.73 bits per heavy atom. The average molecular weight is 525 g/mol. The highest BCUT2D eigenvalue weighted by Gasteiger charge is 2.24. The number of fused-ring (bicyclic) bond motifs is 1. The number of pyridine rings is 2. The van der Waals surface area contributed by atoms with Crippen molar-refractivity contribution in [2.24, 2.45) is 5.41 Å². The van der Waals surface area contributed by atoms with Crippen molar-refractivity contribution >= 4 is 39.8 Å². The number of anilines is 2. The van der Waals surface area contributed by atoms with Crippen LogP contribution < -0.4 is 21.6 Å². The van der Waals surface area contributed by atoms with Crippen molar-refractivity contribution in [2.45, 2.75) is 26.8 Å². The molecule has 5 N–H and O–H groups in total. The first kappa shape index (κ1) is 25.9. The fourth-order valence-corrected chi connectivity index (χ4v) is 4.05. The van der Waals surface area contributed by atoms with Crippen LogP contribution in [-0.4, -0.2) is 39.1 Å². The van der Waals surface area contributed by atoms with Gasteiger partial charge in [-0.1, -0.05) is 38.4 Å². The van der Waals surface area contributed by atoms with Crippen molar-refractivity contribution in [3.8, 4) is 6.07 Å². The van der Waals surface area contributed by atoms with E-state index < -0.39 is 18.0 Å². The summed E-state index contributed by atoms with van der Waals surface area (Å²) in [6.45, 7) is 6.59. The van der Waals surface area contributed by atoms with Gasteiger partial charge in [0.2, 0.25) is 5.95 Å². The number of hydrogen-bond acceptors (Lipinski definition) is 9. The van der Waals surface area contributed by atoms with Gasteiger partial charge in [-0.2, -0.15) is 9.65 Å². The molecule has 0 saturated heterocycles. The molecule has 3 heterocycles. The lowest BCUT2D eigenvalue weighted by Gasteiger charge is -2.23. The molecule has 0 radical (unpaired) electrons. The van der Waals surface area contributed by atoms with Crippen LogP contribution >= 0.6 is 11.6 Å². The summed E-state index contributed by atoms with van der Waals surface area (Å²) in [5.41, 5.74) is 9.02. The number of aromatic nitrogens is 2. The van der Waals surface area contributed by atoms with Gasteiger partial charge in [0.25, 0.3) is 0 Å².